The molecule has 0 aliphatic heterocycles. The summed E-state index contributed by atoms with van der Waals surface area (Å²) in [6.07, 6.45) is 3.94. The van der Waals surface area contributed by atoms with Crippen LogP contribution in [0.4, 0.5) is 0 Å². The van der Waals surface area contributed by atoms with Gasteiger partial charge in [0, 0.05) is 23.1 Å². The number of carbonyl (C=O) groups excluding carboxylic acids is 2. The fourth-order valence-corrected chi connectivity index (χ4v) is 2.46. The second-order valence-electron chi connectivity index (χ2n) is 5.52. The molecule has 5 nitrogen and oxygen atoms in total. The number of nitrogens with one attached hydrogen (secondary N) is 2. The van der Waals surface area contributed by atoms with Crippen LogP contribution in [0.3, 0.4) is 0 Å². The van der Waals surface area contributed by atoms with Gasteiger partial charge in [-0.15, -0.1) is 0 Å². The summed E-state index contributed by atoms with van der Waals surface area (Å²) < 4.78 is 5.09. The minimum Gasteiger partial charge on any atom is -0.452 e. The van der Waals surface area contributed by atoms with E-state index in [1.54, 1.807) is 6.20 Å². The van der Waals surface area contributed by atoms with Gasteiger partial charge < -0.3 is 15.0 Å². The summed E-state index contributed by atoms with van der Waals surface area (Å²) in [5.74, 6) is -0.150. The van der Waals surface area contributed by atoms with Crippen molar-refractivity contribution in [1.29, 1.82) is 0 Å². The highest BCUT2D eigenvalue weighted by atomic mass is 16.5. The number of carbonyl (C=O) groups is 2. The molecule has 0 spiro atoms. The standard InChI is InChI=1S/C16H18N2O3/c1-10(11-6-7-11)18-15(19)9-21-16(20)13-8-17-14-5-3-2-4-12(13)14/h2-5,8,10-11,17H,6-7,9H2,1H3,(H,18,19)/t10-/m0/s1. The Labute approximate surface area is 122 Å². The Kier molecular flexibility index (Phi) is 3.64. The average molecular weight is 286 g/mol. The molecule has 1 saturated carbocycles. The number of esters is 1. The van der Waals surface area contributed by atoms with Crippen LogP contribution >= 0.6 is 0 Å². The van der Waals surface area contributed by atoms with Crippen LogP contribution in [-0.4, -0.2) is 29.5 Å². The Hall–Kier alpha value is -2.30. The van der Waals surface area contributed by atoms with Crippen molar-refractivity contribution in [2.24, 2.45) is 5.92 Å². The van der Waals surface area contributed by atoms with Gasteiger partial charge in [0.25, 0.3) is 5.91 Å². The molecule has 110 valence electrons. The molecule has 0 saturated heterocycles. The van der Waals surface area contributed by atoms with Crippen LogP contribution in [0.2, 0.25) is 0 Å². The molecule has 1 aliphatic rings. The molecule has 1 atom stereocenters. The second kappa shape index (κ2) is 5.60. The molecule has 0 bridgehead atoms. The van der Waals surface area contributed by atoms with Gasteiger partial charge in [0.1, 0.15) is 0 Å². The van der Waals surface area contributed by atoms with Gasteiger partial charge in [0.05, 0.1) is 5.56 Å². The molecule has 1 aromatic carbocycles. The van der Waals surface area contributed by atoms with Crippen LogP contribution in [-0.2, 0) is 9.53 Å². The highest BCUT2D eigenvalue weighted by molar-refractivity contribution is 6.04. The lowest BCUT2D eigenvalue weighted by atomic mass is 10.2. The fraction of sp³-hybridized carbons (Fsp3) is 0.375. The maximum atomic E-state index is 12.0. The summed E-state index contributed by atoms with van der Waals surface area (Å²) in [7, 11) is 0. The third-order valence-electron chi connectivity index (χ3n) is 3.86. The minimum atomic E-state index is -0.485. The van der Waals surface area contributed by atoms with Gasteiger partial charge in [0.15, 0.2) is 6.61 Å². The van der Waals surface area contributed by atoms with Crippen molar-refractivity contribution < 1.29 is 14.3 Å². The van der Waals surface area contributed by atoms with Gasteiger partial charge in [-0.05, 0) is 31.7 Å². The number of H-pyrrole nitrogens is 1. The quantitative estimate of drug-likeness (QED) is 0.828. The molecule has 1 amide bonds. The lowest BCUT2D eigenvalue weighted by Crippen LogP contribution is -2.37. The van der Waals surface area contributed by atoms with Crippen LogP contribution in [0.5, 0.6) is 0 Å². The molecule has 1 aliphatic carbocycles. The van der Waals surface area contributed by atoms with Gasteiger partial charge in [-0.3, -0.25) is 4.79 Å². The highest BCUT2D eigenvalue weighted by Crippen LogP contribution is 2.32. The predicted octanol–water partition coefficient (Wildman–Crippen LogP) is 2.24. The van der Waals surface area contributed by atoms with Crippen molar-refractivity contribution >= 4 is 22.8 Å². The summed E-state index contributed by atoms with van der Waals surface area (Å²) in [4.78, 5) is 26.8. The summed E-state index contributed by atoms with van der Waals surface area (Å²) in [6.45, 7) is 1.74. The zero-order valence-electron chi connectivity index (χ0n) is 11.9. The molecule has 2 aromatic rings. The highest BCUT2D eigenvalue weighted by Gasteiger charge is 2.29. The third-order valence-corrected chi connectivity index (χ3v) is 3.86. The summed E-state index contributed by atoms with van der Waals surface area (Å²) in [5, 5.41) is 3.66. The first-order valence-electron chi connectivity index (χ1n) is 7.18. The number of hydrogen-bond donors (Lipinski definition) is 2. The van der Waals surface area contributed by atoms with Crippen molar-refractivity contribution in [2.75, 3.05) is 6.61 Å². The normalized spacial score (nSPS) is 15.7. The zero-order valence-corrected chi connectivity index (χ0v) is 11.9. The molecule has 1 heterocycles. The van der Waals surface area contributed by atoms with Crippen LogP contribution in [0.25, 0.3) is 10.9 Å². The first-order valence-corrected chi connectivity index (χ1v) is 7.18. The minimum absolute atomic E-state index is 0.157. The maximum Gasteiger partial charge on any atom is 0.340 e. The van der Waals surface area contributed by atoms with E-state index >= 15 is 0 Å². The van der Waals surface area contributed by atoms with E-state index in [2.05, 4.69) is 10.3 Å². The number of hydrogen-bond acceptors (Lipinski definition) is 3. The van der Waals surface area contributed by atoms with Gasteiger partial charge >= 0.3 is 5.97 Å². The third kappa shape index (κ3) is 3.07. The van der Waals surface area contributed by atoms with Crippen molar-refractivity contribution in [3.63, 3.8) is 0 Å². The first kappa shape index (κ1) is 13.7. The number of amides is 1. The van der Waals surface area contributed by atoms with E-state index in [-0.39, 0.29) is 18.6 Å². The Balaban J connectivity index is 1.57. The summed E-state index contributed by atoms with van der Waals surface area (Å²) >= 11 is 0. The van der Waals surface area contributed by atoms with E-state index in [0.29, 0.717) is 11.5 Å². The zero-order chi connectivity index (χ0) is 14.8. The van der Waals surface area contributed by atoms with Gasteiger partial charge in [-0.25, -0.2) is 4.79 Å². The van der Waals surface area contributed by atoms with E-state index in [1.807, 2.05) is 31.2 Å². The molecule has 0 radical (unpaired) electrons. The molecular formula is C16H18N2O3. The number of ether oxygens (including phenoxy) is 1. The van der Waals surface area contributed by atoms with Crippen LogP contribution < -0.4 is 5.32 Å². The number of aromatic nitrogens is 1. The van der Waals surface area contributed by atoms with Gasteiger partial charge in [-0.2, -0.15) is 0 Å². The topological polar surface area (TPSA) is 71.2 Å². The Bertz CT molecular complexity index is 673. The smallest absolute Gasteiger partial charge is 0.340 e. The molecule has 1 aromatic heterocycles. The lowest BCUT2D eigenvalue weighted by Gasteiger charge is -2.12. The Morgan fingerprint density at radius 1 is 1.38 bits per heavy atom. The molecule has 3 rings (SSSR count). The van der Waals surface area contributed by atoms with Crippen molar-refractivity contribution in [3.8, 4) is 0 Å². The van der Waals surface area contributed by atoms with Gasteiger partial charge in [0.2, 0.25) is 0 Å². The Morgan fingerprint density at radius 2 is 2.14 bits per heavy atom. The Morgan fingerprint density at radius 3 is 2.90 bits per heavy atom. The molecule has 1 fully saturated rings. The van der Waals surface area contributed by atoms with E-state index in [1.165, 1.54) is 0 Å². The molecule has 2 N–H and O–H groups in total. The average Bonchev–Trinajstić information content (AvgIpc) is 3.24. The number of benzene rings is 1. The predicted molar refractivity (Wildman–Crippen MR) is 78.9 cm³/mol. The number of aromatic amines is 1. The largest absolute Gasteiger partial charge is 0.452 e. The maximum absolute atomic E-state index is 12.0. The summed E-state index contributed by atoms with van der Waals surface area (Å²) in [5.41, 5.74) is 1.32. The van der Waals surface area contributed by atoms with E-state index in [4.69, 9.17) is 4.74 Å². The lowest BCUT2D eigenvalue weighted by molar-refractivity contribution is -0.124. The number of para-hydroxylation sites is 1. The second-order valence-corrected chi connectivity index (χ2v) is 5.52. The molecule has 5 heteroatoms. The van der Waals surface area contributed by atoms with Crippen LogP contribution in [0.15, 0.2) is 30.5 Å². The van der Waals surface area contributed by atoms with E-state index in [0.717, 1.165) is 23.7 Å². The van der Waals surface area contributed by atoms with E-state index in [9.17, 15) is 9.59 Å². The number of rotatable bonds is 5. The van der Waals surface area contributed by atoms with Crippen molar-refractivity contribution in [1.82, 2.24) is 10.3 Å². The fourth-order valence-electron chi connectivity index (χ4n) is 2.46. The SMILES string of the molecule is C[C@H](NC(=O)COC(=O)c1c[nH]c2ccccc12)C1CC1. The first-order chi connectivity index (χ1) is 10.1. The summed E-state index contributed by atoms with van der Waals surface area (Å²) in [6, 6.07) is 7.63. The molecular weight excluding hydrogens is 268 g/mol. The van der Waals surface area contributed by atoms with Crippen molar-refractivity contribution in [2.45, 2.75) is 25.8 Å². The number of fused-ring (bicyclic) bond motifs is 1. The van der Waals surface area contributed by atoms with Crippen LogP contribution in [0.1, 0.15) is 30.1 Å². The van der Waals surface area contributed by atoms with E-state index < -0.39 is 5.97 Å². The monoisotopic (exact) mass is 286 g/mol. The van der Waals surface area contributed by atoms with Gasteiger partial charge in [-0.1, -0.05) is 18.2 Å². The van der Waals surface area contributed by atoms with Crippen LogP contribution in [0, 0.1) is 5.92 Å². The molecule has 21 heavy (non-hydrogen) atoms. The van der Waals surface area contributed by atoms with Crippen molar-refractivity contribution in [3.05, 3.63) is 36.0 Å². The molecule has 0 unspecified atom stereocenters.